The second kappa shape index (κ2) is 4.86. The van der Waals surface area contributed by atoms with Crippen LogP contribution < -0.4 is 5.73 Å². The van der Waals surface area contributed by atoms with Crippen LogP contribution in [0.25, 0.3) is 0 Å². The van der Waals surface area contributed by atoms with E-state index in [9.17, 15) is 0 Å². The molecule has 60 valence electrons. The van der Waals surface area contributed by atoms with Crippen LogP contribution in [0.4, 0.5) is 0 Å². The first-order chi connectivity index (χ1) is 5.11. The van der Waals surface area contributed by atoms with Gasteiger partial charge in [-0.05, 0) is 26.2 Å². The van der Waals surface area contributed by atoms with Crippen molar-refractivity contribution in [1.29, 1.82) is 5.26 Å². The molecule has 0 aliphatic rings. The van der Waals surface area contributed by atoms with Crippen LogP contribution in [-0.2, 0) is 0 Å². The molecule has 0 aliphatic carbocycles. The zero-order valence-electron chi connectivity index (χ0n) is 7.01. The molecule has 11 heavy (non-hydrogen) atoms. The van der Waals surface area contributed by atoms with Crippen molar-refractivity contribution in [3.8, 4) is 6.07 Å². The Bertz CT molecular complexity index is 229. The van der Waals surface area contributed by atoms with E-state index in [0.717, 1.165) is 10.6 Å². The van der Waals surface area contributed by atoms with Crippen molar-refractivity contribution < 1.29 is 0 Å². The summed E-state index contributed by atoms with van der Waals surface area (Å²) in [5.41, 5.74) is 6.90. The van der Waals surface area contributed by atoms with Gasteiger partial charge in [-0.2, -0.15) is 5.26 Å². The van der Waals surface area contributed by atoms with E-state index in [1.54, 1.807) is 13.8 Å². The zero-order chi connectivity index (χ0) is 8.85. The number of nitriles is 1. The average Bonchev–Trinajstić information content (AvgIpc) is 1.98. The second-order valence-corrected chi connectivity index (χ2v) is 3.04. The molecule has 0 aromatic carbocycles. The van der Waals surface area contributed by atoms with Crippen molar-refractivity contribution in [2.45, 2.75) is 13.8 Å². The van der Waals surface area contributed by atoms with Gasteiger partial charge in [-0.3, -0.25) is 0 Å². The van der Waals surface area contributed by atoms with Gasteiger partial charge in [0.05, 0.1) is 6.07 Å². The number of allylic oxidation sites excluding steroid dienone is 3. The molecule has 0 atom stereocenters. The van der Waals surface area contributed by atoms with E-state index in [0.29, 0.717) is 5.57 Å². The van der Waals surface area contributed by atoms with Gasteiger partial charge >= 0.3 is 0 Å². The summed E-state index contributed by atoms with van der Waals surface area (Å²) in [4.78, 5) is 0.938. The maximum Gasteiger partial charge on any atom is 0.0955 e. The van der Waals surface area contributed by atoms with Crippen molar-refractivity contribution in [1.82, 2.24) is 0 Å². The minimum atomic E-state index is 0.710. The van der Waals surface area contributed by atoms with Gasteiger partial charge in [-0.25, -0.2) is 0 Å². The third kappa shape index (κ3) is 3.74. The maximum atomic E-state index is 8.56. The fourth-order valence-electron chi connectivity index (χ4n) is 0.582. The second-order valence-electron chi connectivity index (χ2n) is 2.19. The molecule has 0 aliphatic heterocycles. The lowest BCUT2D eigenvalue weighted by molar-refractivity contribution is 1.30. The summed E-state index contributed by atoms with van der Waals surface area (Å²) in [6, 6.07) is 2.08. The minimum absolute atomic E-state index is 0.710. The fraction of sp³-hybridized carbons (Fsp3) is 0.375. The van der Waals surface area contributed by atoms with E-state index < -0.39 is 0 Å². The molecule has 0 radical (unpaired) electrons. The lowest BCUT2D eigenvalue weighted by Gasteiger charge is -1.98. The van der Waals surface area contributed by atoms with E-state index in [-0.39, 0.29) is 0 Å². The number of rotatable bonds is 2. The third-order valence-electron chi connectivity index (χ3n) is 1.12. The summed E-state index contributed by atoms with van der Waals surface area (Å²) >= 11 is 1.53. The number of thioether (sulfide) groups is 1. The normalized spacial score (nSPS) is 13.8. The summed E-state index contributed by atoms with van der Waals surface area (Å²) in [5, 5.41) is 8.56. The highest BCUT2D eigenvalue weighted by Gasteiger charge is 1.95. The zero-order valence-corrected chi connectivity index (χ0v) is 7.83. The van der Waals surface area contributed by atoms with Crippen LogP contribution in [0.15, 0.2) is 22.3 Å². The molecule has 0 aromatic heterocycles. The molecule has 2 N–H and O–H groups in total. The molecule has 0 spiro atoms. The molecule has 0 unspecified atom stereocenters. The van der Waals surface area contributed by atoms with Crippen LogP contribution in [-0.4, -0.2) is 6.26 Å². The van der Waals surface area contributed by atoms with E-state index in [1.165, 1.54) is 11.8 Å². The predicted octanol–water partition coefficient (Wildman–Crippen LogP) is 2.01. The van der Waals surface area contributed by atoms with Crippen molar-refractivity contribution in [2.24, 2.45) is 5.73 Å². The quantitative estimate of drug-likeness (QED) is 0.507. The Hall–Kier alpha value is -0.880. The standard InChI is InChI=1S/C8H12N2S/c1-6(5-9)8(11-3)4-7(2)10/h4H,10H2,1-3H3/b7-4-,8-6-. The molecule has 0 bridgehead atoms. The summed E-state index contributed by atoms with van der Waals surface area (Å²) in [6.45, 7) is 3.59. The van der Waals surface area contributed by atoms with Crippen LogP contribution in [0.2, 0.25) is 0 Å². The molecule has 0 saturated carbocycles. The van der Waals surface area contributed by atoms with Gasteiger partial charge in [0.2, 0.25) is 0 Å². The predicted molar refractivity (Wildman–Crippen MR) is 49.8 cm³/mol. The Kier molecular flexibility index (Phi) is 4.47. The Morgan fingerprint density at radius 3 is 2.36 bits per heavy atom. The maximum absolute atomic E-state index is 8.56. The number of nitrogens with zero attached hydrogens (tertiary/aromatic N) is 1. The van der Waals surface area contributed by atoms with E-state index in [2.05, 4.69) is 6.07 Å². The largest absolute Gasteiger partial charge is 0.402 e. The van der Waals surface area contributed by atoms with Crippen LogP contribution in [0.5, 0.6) is 0 Å². The van der Waals surface area contributed by atoms with Gasteiger partial charge in [0, 0.05) is 16.2 Å². The molecular weight excluding hydrogens is 156 g/mol. The molecule has 0 rings (SSSR count). The highest BCUT2D eigenvalue weighted by atomic mass is 32.2. The highest BCUT2D eigenvalue weighted by Crippen LogP contribution is 2.18. The molecule has 0 saturated heterocycles. The van der Waals surface area contributed by atoms with Crippen molar-refractivity contribution in [2.75, 3.05) is 6.26 Å². The summed E-state index contributed by atoms with van der Waals surface area (Å²) in [5.74, 6) is 0. The van der Waals surface area contributed by atoms with Crippen molar-refractivity contribution >= 4 is 11.8 Å². The summed E-state index contributed by atoms with van der Waals surface area (Å²) < 4.78 is 0. The van der Waals surface area contributed by atoms with Gasteiger partial charge in [-0.1, -0.05) is 0 Å². The molecule has 0 amide bonds. The summed E-state index contributed by atoms with van der Waals surface area (Å²) in [6.07, 6.45) is 3.73. The van der Waals surface area contributed by atoms with E-state index in [4.69, 9.17) is 11.0 Å². The van der Waals surface area contributed by atoms with Crippen LogP contribution in [0, 0.1) is 11.3 Å². The van der Waals surface area contributed by atoms with Gasteiger partial charge in [0.1, 0.15) is 0 Å². The topological polar surface area (TPSA) is 49.8 Å². The van der Waals surface area contributed by atoms with Gasteiger partial charge in [-0.15, -0.1) is 11.8 Å². The first-order valence-corrected chi connectivity index (χ1v) is 4.43. The highest BCUT2D eigenvalue weighted by molar-refractivity contribution is 8.02. The SMILES string of the molecule is CSC(/C=C(/C)N)=C(/C)C#N. The lowest BCUT2D eigenvalue weighted by atomic mass is 10.3. The number of hydrogen-bond donors (Lipinski definition) is 1. The number of hydrogen-bond acceptors (Lipinski definition) is 3. The lowest BCUT2D eigenvalue weighted by Crippen LogP contribution is -1.91. The van der Waals surface area contributed by atoms with Gasteiger partial charge < -0.3 is 5.73 Å². The Morgan fingerprint density at radius 2 is 2.09 bits per heavy atom. The Labute approximate surface area is 71.8 Å². The molecule has 0 aromatic rings. The van der Waals surface area contributed by atoms with Gasteiger partial charge in [0.15, 0.2) is 0 Å². The van der Waals surface area contributed by atoms with Crippen LogP contribution in [0.3, 0.4) is 0 Å². The molecule has 3 heteroatoms. The van der Waals surface area contributed by atoms with Crippen molar-refractivity contribution in [3.63, 3.8) is 0 Å². The number of nitrogens with two attached hydrogens (primary N) is 1. The van der Waals surface area contributed by atoms with Crippen molar-refractivity contribution in [3.05, 3.63) is 22.3 Å². The monoisotopic (exact) mass is 168 g/mol. The van der Waals surface area contributed by atoms with E-state index in [1.807, 2.05) is 12.3 Å². The van der Waals surface area contributed by atoms with Crippen LogP contribution in [0.1, 0.15) is 13.8 Å². The Balaban J connectivity index is 4.71. The molecular formula is C8H12N2S. The summed E-state index contributed by atoms with van der Waals surface area (Å²) in [7, 11) is 0. The molecule has 0 fully saturated rings. The average molecular weight is 168 g/mol. The first-order valence-electron chi connectivity index (χ1n) is 3.20. The Morgan fingerprint density at radius 1 is 1.55 bits per heavy atom. The fourth-order valence-corrected chi connectivity index (χ4v) is 1.24. The van der Waals surface area contributed by atoms with E-state index >= 15 is 0 Å². The molecule has 2 nitrogen and oxygen atoms in total. The first kappa shape index (κ1) is 10.1. The van der Waals surface area contributed by atoms with Gasteiger partial charge in [0.25, 0.3) is 0 Å². The third-order valence-corrected chi connectivity index (χ3v) is 1.98. The van der Waals surface area contributed by atoms with Crippen LogP contribution >= 0.6 is 11.8 Å². The smallest absolute Gasteiger partial charge is 0.0955 e. The molecule has 0 heterocycles. The minimum Gasteiger partial charge on any atom is -0.402 e.